The highest BCUT2D eigenvalue weighted by atomic mass is 19.4. The number of rotatable bonds is 5. The number of fused-ring (bicyclic) bond motifs is 1. The van der Waals surface area contributed by atoms with E-state index in [1.165, 1.54) is 18.2 Å². The second-order valence-corrected chi connectivity index (χ2v) is 7.38. The van der Waals surface area contributed by atoms with Crippen LogP contribution >= 0.6 is 0 Å². The van der Waals surface area contributed by atoms with Crippen LogP contribution in [0.3, 0.4) is 0 Å². The van der Waals surface area contributed by atoms with E-state index in [4.69, 9.17) is 0 Å². The summed E-state index contributed by atoms with van der Waals surface area (Å²) in [6, 6.07) is 9.87. The highest BCUT2D eigenvalue weighted by Crippen LogP contribution is 2.32. The molecule has 160 valence electrons. The van der Waals surface area contributed by atoms with E-state index < -0.39 is 17.8 Å². The topological polar surface area (TPSA) is 24.3 Å². The van der Waals surface area contributed by atoms with Gasteiger partial charge in [0.15, 0.2) is 0 Å². The minimum Gasteiger partial charge on any atom is -0.369 e. The molecule has 0 unspecified atom stereocenters. The lowest BCUT2D eigenvalue weighted by Gasteiger charge is -2.36. The molecule has 30 heavy (non-hydrogen) atoms. The third-order valence-corrected chi connectivity index (χ3v) is 5.38. The molecular weight excluding hydrogens is 403 g/mol. The molecule has 0 saturated carbocycles. The first kappa shape index (κ1) is 20.6. The fourth-order valence-electron chi connectivity index (χ4n) is 3.88. The molecule has 2 heterocycles. The molecular formula is C21H21F5N4. The predicted molar refractivity (Wildman–Crippen MR) is 104 cm³/mol. The monoisotopic (exact) mass is 424 g/mol. The van der Waals surface area contributed by atoms with E-state index in [0.717, 1.165) is 48.6 Å². The van der Waals surface area contributed by atoms with E-state index in [2.05, 4.69) is 14.8 Å². The Hall–Kier alpha value is -2.68. The lowest BCUT2D eigenvalue weighted by Crippen LogP contribution is -2.46. The summed E-state index contributed by atoms with van der Waals surface area (Å²) in [5, 5.41) is 0. The summed E-state index contributed by atoms with van der Waals surface area (Å²) in [5.74, 6) is -1.88. The molecule has 0 atom stereocenters. The van der Waals surface area contributed by atoms with Crippen LogP contribution in [0.25, 0.3) is 11.0 Å². The average molecular weight is 424 g/mol. The Bertz CT molecular complexity index is 1000. The molecule has 0 spiro atoms. The van der Waals surface area contributed by atoms with Crippen LogP contribution in [0, 0.1) is 11.6 Å². The van der Waals surface area contributed by atoms with E-state index in [1.54, 1.807) is 12.1 Å². The molecule has 1 aliphatic rings. The molecule has 9 heteroatoms. The molecule has 1 fully saturated rings. The minimum atomic E-state index is -4.60. The average Bonchev–Trinajstić information content (AvgIpc) is 3.07. The Kier molecular flexibility index (Phi) is 5.64. The Morgan fingerprint density at radius 3 is 2.17 bits per heavy atom. The standard InChI is InChI=1S/C21H21F5N4/c22-15-2-5-17(6-3-15)29-12-10-28(11-13-29)8-1-9-30-19-7-4-16(23)14-18(19)27-20(30)21(24,25)26/h2-7,14H,1,8-13H2. The molecule has 4 rings (SSSR count). The smallest absolute Gasteiger partial charge is 0.369 e. The maximum absolute atomic E-state index is 13.4. The van der Waals surface area contributed by atoms with Crippen molar-refractivity contribution in [2.75, 3.05) is 37.6 Å². The predicted octanol–water partition coefficient (Wildman–Crippen LogP) is 4.55. The number of hydrogen-bond donors (Lipinski definition) is 0. The maximum atomic E-state index is 13.4. The van der Waals surface area contributed by atoms with Crippen molar-refractivity contribution in [1.29, 1.82) is 0 Å². The van der Waals surface area contributed by atoms with Gasteiger partial charge in [0.1, 0.15) is 11.6 Å². The van der Waals surface area contributed by atoms with E-state index >= 15 is 0 Å². The summed E-state index contributed by atoms with van der Waals surface area (Å²) in [6.07, 6.45) is -4.08. The second kappa shape index (κ2) is 8.22. The quantitative estimate of drug-likeness (QED) is 0.562. The highest BCUT2D eigenvalue weighted by Gasteiger charge is 2.37. The van der Waals surface area contributed by atoms with E-state index in [0.29, 0.717) is 13.0 Å². The number of benzene rings is 2. The van der Waals surface area contributed by atoms with Crippen LogP contribution in [0.15, 0.2) is 42.5 Å². The molecule has 0 amide bonds. The Labute approximate surface area is 170 Å². The zero-order valence-corrected chi connectivity index (χ0v) is 16.2. The van der Waals surface area contributed by atoms with Crippen LogP contribution < -0.4 is 4.90 Å². The van der Waals surface area contributed by atoms with Gasteiger partial charge in [-0.15, -0.1) is 0 Å². The molecule has 0 N–H and O–H groups in total. The fourth-order valence-corrected chi connectivity index (χ4v) is 3.88. The van der Waals surface area contributed by atoms with E-state index in [9.17, 15) is 22.0 Å². The van der Waals surface area contributed by atoms with Gasteiger partial charge in [0.2, 0.25) is 5.82 Å². The molecule has 0 aliphatic carbocycles. The van der Waals surface area contributed by atoms with Gasteiger partial charge in [-0.2, -0.15) is 13.2 Å². The number of halogens is 5. The molecule has 4 nitrogen and oxygen atoms in total. The highest BCUT2D eigenvalue weighted by molar-refractivity contribution is 5.76. The number of anilines is 1. The fraction of sp³-hybridized carbons (Fsp3) is 0.381. The van der Waals surface area contributed by atoms with Gasteiger partial charge in [-0.3, -0.25) is 4.90 Å². The van der Waals surface area contributed by atoms with Gasteiger partial charge < -0.3 is 9.47 Å². The molecule has 1 saturated heterocycles. The van der Waals surface area contributed by atoms with Gasteiger partial charge in [-0.05, 0) is 49.4 Å². The lowest BCUT2D eigenvalue weighted by atomic mass is 10.2. The number of nitrogens with zero attached hydrogens (tertiary/aromatic N) is 4. The summed E-state index contributed by atoms with van der Waals surface area (Å²) in [4.78, 5) is 7.97. The first-order valence-electron chi connectivity index (χ1n) is 9.77. The first-order chi connectivity index (χ1) is 14.3. The molecule has 3 aromatic rings. The van der Waals surface area contributed by atoms with Crippen molar-refractivity contribution in [3.63, 3.8) is 0 Å². The van der Waals surface area contributed by atoms with Crippen LogP contribution in [0.1, 0.15) is 12.2 Å². The van der Waals surface area contributed by atoms with E-state index in [-0.39, 0.29) is 23.4 Å². The van der Waals surface area contributed by atoms with Crippen molar-refractivity contribution in [3.05, 3.63) is 59.9 Å². The number of aromatic nitrogens is 2. The number of hydrogen-bond acceptors (Lipinski definition) is 3. The minimum absolute atomic E-state index is 0.00948. The first-order valence-corrected chi connectivity index (χ1v) is 9.77. The van der Waals surface area contributed by atoms with Gasteiger partial charge in [-0.1, -0.05) is 0 Å². The third-order valence-electron chi connectivity index (χ3n) is 5.38. The molecule has 0 radical (unpaired) electrons. The van der Waals surface area contributed by atoms with Crippen LogP contribution in [-0.4, -0.2) is 47.2 Å². The molecule has 1 aliphatic heterocycles. The molecule has 0 bridgehead atoms. The SMILES string of the molecule is Fc1ccc(N2CCN(CCCn3c(C(F)(F)F)nc4cc(F)ccc43)CC2)cc1. The second-order valence-electron chi connectivity index (χ2n) is 7.38. The zero-order chi connectivity index (χ0) is 21.3. The van der Waals surface area contributed by atoms with E-state index in [1.807, 2.05) is 0 Å². The Morgan fingerprint density at radius 2 is 1.50 bits per heavy atom. The van der Waals surface area contributed by atoms with Crippen molar-refractivity contribution in [1.82, 2.24) is 14.5 Å². The van der Waals surface area contributed by atoms with Crippen molar-refractivity contribution in [3.8, 4) is 0 Å². The summed E-state index contributed by atoms with van der Waals surface area (Å²) in [6.45, 7) is 3.89. The van der Waals surface area contributed by atoms with Crippen molar-refractivity contribution >= 4 is 16.7 Å². The Balaban J connectivity index is 1.37. The number of piperazine rings is 1. The van der Waals surface area contributed by atoms with Crippen LogP contribution in [0.4, 0.5) is 27.6 Å². The van der Waals surface area contributed by atoms with Gasteiger partial charge >= 0.3 is 6.18 Å². The normalized spacial score (nSPS) is 15.8. The molecule has 1 aromatic heterocycles. The van der Waals surface area contributed by atoms with Gasteiger partial charge in [-0.25, -0.2) is 13.8 Å². The van der Waals surface area contributed by atoms with Crippen molar-refractivity contribution < 1.29 is 22.0 Å². The number of aryl methyl sites for hydroxylation is 1. The van der Waals surface area contributed by atoms with Crippen LogP contribution in [-0.2, 0) is 12.7 Å². The van der Waals surface area contributed by atoms with Crippen molar-refractivity contribution in [2.45, 2.75) is 19.1 Å². The van der Waals surface area contributed by atoms with Crippen LogP contribution in [0.5, 0.6) is 0 Å². The Morgan fingerprint density at radius 1 is 0.833 bits per heavy atom. The number of imidazole rings is 1. The van der Waals surface area contributed by atoms with Gasteiger partial charge in [0, 0.05) is 44.5 Å². The maximum Gasteiger partial charge on any atom is 0.449 e. The summed E-state index contributed by atoms with van der Waals surface area (Å²) in [7, 11) is 0. The van der Waals surface area contributed by atoms with Gasteiger partial charge in [0.25, 0.3) is 0 Å². The zero-order valence-electron chi connectivity index (χ0n) is 16.2. The summed E-state index contributed by atoms with van der Waals surface area (Å²) in [5.41, 5.74) is 1.25. The largest absolute Gasteiger partial charge is 0.449 e. The summed E-state index contributed by atoms with van der Waals surface area (Å²) >= 11 is 0. The van der Waals surface area contributed by atoms with Gasteiger partial charge in [0.05, 0.1) is 11.0 Å². The molecule has 2 aromatic carbocycles. The number of alkyl halides is 3. The third kappa shape index (κ3) is 4.40. The van der Waals surface area contributed by atoms with Crippen LogP contribution in [0.2, 0.25) is 0 Å². The lowest BCUT2D eigenvalue weighted by molar-refractivity contribution is -0.147. The summed E-state index contributed by atoms with van der Waals surface area (Å²) < 4.78 is 67.7. The van der Waals surface area contributed by atoms with Crippen molar-refractivity contribution in [2.24, 2.45) is 0 Å².